The van der Waals surface area contributed by atoms with Crippen molar-refractivity contribution in [3.63, 3.8) is 0 Å². The molecule has 1 saturated heterocycles. The van der Waals surface area contributed by atoms with Crippen LogP contribution >= 0.6 is 23.2 Å². The molecule has 0 aromatic heterocycles. The lowest BCUT2D eigenvalue weighted by molar-refractivity contribution is -0.151. The van der Waals surface area contributed by atoms with Gasteiger partial charge in [-0.2, -0.15) is 0 Å². The molecule has 34 heavy (non-hydrogen) atoms. The number of ether oxygens (including phenoxy) is 2. The summed E-state index contributed by atoms with van der Waals surface area (Å²) >= 11 is 11.8. The molecule has 1 atom stereocenters. The number of nitrogens with one attached hydrogen (secondary N) is 2. The standard InChI is InChI=1S/C22H19Cl2N3O7/c1-33-21(31)12-2-5-15(6-3-12)25-18(28)11-34-22(32)13-8-19(29)27(10-13)26-20(30)16-7-4-14(23)9-17(16)24/h2-7,9,13H,8,10-11H2,1H3,(H,25,28)(H,26,30)/t13-/m1/s1. The Kier molecular flexibility index (Phi) is 8.08. The van der Waals surface area contributed by atoms with E-state index in [0.717, 1.165) is 5.01 Å². The van der Waals surface area contributed by atoms with E-state index in [1.165, 1.54) is 49.6 Å². The van der Waals surface area contributed by atoms with Crippen molar-refractivity contribution in [2.75, 3.05) is 25.6 Å². The smallest absolute Gasteiger partial charge is 0.337 e. The molecule has 1 aliphatic rings. The van der Waals surface area contributed by atoms with E-state index in [9.17, 15) is 24.0 Å². The van der Waals surface area contributed by atoms with Crippen molar-refractivity contribution in [3.8, 4) is 0 Å². The minimum Gasteiger partial charge on any atom is -0.465 e. The molecule has 0 radical (unpaired) electrons. The molecule has 2 aromatic rings. The van der Waals surface area contributed by atoms with Gasteiger partial charge in [0.1, 0.15) is 0 Å². The average Bonchev–Trinajstić information content (AvgIpc) is 3.17. The van der Waals surface area contributed by atoms with Crippen LogP contribution in [-0.2, 0) is 23.9 Å². The molecular weight excluding hydrogens is 489 g/mol. The number of anilines is 1. The third kappa shape index (κ3) is 6.24. The first kappa shape index (κ1) is 25.0. The molecule has 3 amide bonds. The molecule has 3 rings (SSSR count). The number of benzene rings is 2. The van der Waals surface area contributed by atoms with Gasteiger partial charge in [-0.15, -0.1) is 0 Å². The molecule has 0 spiro atoms. The number of carbonyl (C=O) groups is 5. The molecule has 2 N–H and O–H groups in total. The van der Waals surface area contributed by atoms with Crippen LogP contribution in [0.25, 0.3) is 0 Å². The van der Waals surface area contributed by atoms with Crippen LogP contribution in [0.2, 0.25) is 10.0 Å². The van der Waals surface area contributed by atoms with Gasteiger partial charge in [0.15, 0.2) is 6.61 Å². The molecule has 178 valence electrons. The van der Waals surface area contributed by atoms with Gasteiger partial charge in [-0.1, -0.05) is 23.2 Å². The van der Waals surface area contributed by atoms with Gasteiger partial charge in [0.05, 0.1) is 35.7 Å². The first-order valence-corrected chi connectivity index (χ1v) is 10.6. The molecule has 0 unspecified atom stereocenters. The van der Waals surface area contributed by atoms with Gasteiger partial charge >= 0.3 is 11.9 Å². The maximum Gasteiger partial charge on any atom is 0.337 e. The number of esters is 2. The molecule has 0 aliphatic carbocycles. The predicted octanol–water partition coefficient (Wildman–Crippen LogP) is 2.46. The van der Waals surface area contributed by atoms with Crippen molar-refractivity contribution in [3.05, 3.63) is 63.6 Å². The van der Waals surface area contributed by atoms with E-state index in [1.807, 2.05) is 0 Å². The van der Waals surface area contributed by atoms with E-state index in [2.05, 4.69) is 15.5 Å². The zero-order chi connectivity index (χ0) is 24.8. The Bertz CT molecular complexity index is 1140. The number of carbonyl (C=O) groups excluding carboxylic acids is 5. The first-order valence-electron chi connectivity index (χ1n) is 9.89. The lowest BCUT2D eigenvalue weighted by Crippen LogP contribution is -2.43. The van der Waals surface area contributed by atoms with Crippen molar-refractivity contribution >= 4 is 58.5 Å². The molecular formula is C22H19Cl2N3O7. The fourth-order valence-electron chi connectivity index (χ4n) is 3.09. The Morgan fingerprint density at radius 1 is 1.09 bits per heavy atom. The molecule has 1 aliphatic heterocycles. The van der Waals surface area contributed by atoms with E-state index in [4.69, 9.17) is 27.9 Å². The summed E-state index contributed by atoms with van der Waals surface area (Å²) in [5.74, 6) is -3.87. The summed E-state index contributed by atoms with van der Waals surface area (Å²) in [6.07, 6.45) is -0.190. The molecule has 2 aromatic carbocycles. The van der Waals surface area contributed by atoms with E-state index in [0.29, 0.717) is 16.3 Å². The SMILES string of the molecule is COC(=O)c1ccc(NC(=O)COC(=O)[C@@H]2CC(=O)N(NC(=O)c3ccc(Cl)cc3Cl)C2)cc1. The Hall–Kier alpha value is -3.63. The number of nitrogens with zero attached hydrogens (tertiary/aromatic N) is 1. The van der Waals surface area contributed by atoms with E-state index < -0.39 is 42.2 Å². The lowest BCUT2D eigenvalue weighted by Gasteiger charge is -2.18. The van der Waals surface area contributed by atoms with Crippen LogP contribution in [0.3, 0.4) is 0 Å². The molecule has 10 nitrogen and oxygen atoms in total. The van der Waals surface area contributed by atoms with Crippen molar-refractivity contribution in [1.29, 1.82) is 0 Å². The topological polar surface area (TPSA) is 131 Å². The zero-order valence-corrected chi connectivity index (χ0v) is 19.3. The highest BCUT2D eigenvalue weighted by Gasteiger charge is 2.37. The minimum absolute atomic E-state index is 0.110. The maximum atomic E-state index is 12.4. The fourth-order valence-corrected chi connectivity index (χ4v) is 3.58. The van der Waals surface area contributed by atoms with Crippen LogP contribution in [0.1, 0.15) is 27.1 Å². The highest BCUT2D eigenvalue weighted by Crippen LogP contribution is 2.22. The van der Waals surface area contributed by atoms with Crippen LogP contribution in [-0.4, -0.2) is 54.9 Å². The van der Waals surface area contributed by atoms with Crippen molar-refractivity contribution in [2.45, 2.75) is 6.42 Å². The number of amides is 3. The van der Waals surface area contributed by atoms with Gasteiger partial charge in [0, 0.05) is 17.1 Å². The molecule has 1 fully saturated rings. The summed E-state index contributed by atoms with van der Waals surface area (Å²) < 4.78 is 9.60. The van der Waals surface area contributed by atoms with Gasteiger partial charge in [-0.25, -0.2) is 4.79 Å². The van der Waals surface area contributed by atoms with Gasteiger partial charge in [0.2, 0.25) is 5.91 Å². The predicted molar refractivity (Wildman–Crippen MR) is 121 cm³/mol. The van der Waals surface area contributed by atoms with Crippen LogP contribution in [0, 0.1) is 5.92 Å². The monoisotopic (exact) mass is 507 g/mol. The Morgan fingerprint density at radius 3 is 2.44 bits per heavy atom. The zero-order valence-electron chi connectivity index (χ0n) is 17.8. The summed E-state index contributed by atoms with van der Waals surface area (Å²) in [6, 6.07) is 10.2. The Labute approximate surface area is 204 Å². The number of hydrogen-bond donors (Lipinski definition) is 2. The van der Waals surface area contributed by atoms with E-state index in [-0.39, 0.29) is 23.6 Å². The Balaban J connectivity index is 1.48. The number of halogens is 2. The summed E-state index contributed by atoms with van der Waals surface area (Å²) in [7, 11) is 1.26. The van der Waals surface area contributed by atoms with E-state index in [1.54, 1.807) is 0 Å². The van der Waals surface area contributed by atoms with Crippen LogP contribution in [0.5, 0.6) is 0 Å². The number of rotatable bonds is 7. The van der Waals surface area contributed by atoms with Crippen LogP contribution < -0.4 is 10.7 Å². The maximum absolute atomic E-state index is 12.4. The second-order valence-electron chi connectivity index (χ2n) is 7.20. The van der Waals surface area contributed by atoms with Crippen LogP contribution in [0.15, 0.2) is 42.5 Å². The molecule has 1 heterocycles. The van der Waals surface area contributed by atoms with Gasteiger partial charge in [-0.05, 0) is 42.5 Å². The summed E-state index contributed by atoms with van der Waals surface area (Å²) in [5.41, 5.74) is 3.22. The highest BCUT2D eigenvalue weighted by atomic mass is 35.5. The summed E-state index contributed by atoms with van der Waals surface area (Å²) in [5, 5.41) is 3.98. The van der Waals surface area contributed by atoms with E-state index >= 15 is 0 Å². The lowest BCUT2D eigenvalue weighted by atomic mass is 10.1. The largest absolute Gasteiger partial charge is 0.465 e. The summed E-state index contributed by atoms with van der Waals surface area (Å²) in [4.78, 5) is 60.4. The van der Waals surface area contributed by atoms with Gasteiger partial charge in [-0.3, -0.25) is 29.6 Å². The third-order valence-electron chi connectivity index (χ3n) is 4.81. The first-order chi connectivity index (χ1) is 16.2. The quantitative estimate of drug-likeness (QED) is 0.550. The Morgan fingerprint density at radius 2 is 1.79 bits per heavy atom. The molecule has 0 bridgehead atoms. The van der Waals surface area contributed by atoms with Crippen LogP contribution in [0.4, 0.5) is 5.69 Å². The normalized spacial score (nSPS) is 15.0. The highest BCUT2D eigenvalue weighted by molar-refractivity contribution is 6.36. The van der Waals surface area contributed by atoms with Gasteiger partial charge in [0.25, 0.3) is 11.8 Å². The minimum atomic E-state index is -0.861. The van der Waals surface area contributed by atoms with Gasteiger partial charge < -0.3 is 14.8 Å². The van der Waals surface area contributed by atoms with Crippen molar-refractivity contribution < 1.29 is 33.4 Å². The second-order valence-corrected chi connectivity index (χ2v) is 8.04. The number of methoxy groups -OCH3 is 1. The summed E-state index contributed by atoms with van der Waals surface area (Å²) in [6.45, 7) is -0.694. The molecule has 12 heteroatoms. The van der Waals surface area contributed by atoms with Crippen molar-refractivity contribution in [1.82, 2.24) is 10.4 Å². The second kappa shape index (κ2) is 11.0. The number of hydrazine groups is 1. The fraction of sp³-hybridized carbons (Fsp3) is 0.227. The number of hydrogen-bond acceptors (Lipinski definition) is 7. The molecule has 0 saturated carbocycles. The third-order valence-corrected chi connectivity index (χ3v) is 5.35. The average molecular weight is 508 g/mol. The van der Waals surface area contributed by atoms with Crippen molar-refractivity contribution in [2.24, 2.45) is 5.92 Å².